The van der Waals surface area contributed by atoms with E-state index in [1.807, 2.05) is 12.1 Å². The smallest absolute Gasteiger partial charge is 0.340 e. The van der Waals surface area contributed by atoms with E-state index in [2.05, 4.69) is 5.32 Å². The zero-order valence-corrected chi connectivity index (χ0v) is 15.2. The van der Waals surface area contributed by atoms with Crippen LogP contribution in [-0.4, -0.2) is 25.1 Å². The van der Waals surface area contributed by atoms with Crippen LogP contribution in [-0.2, 0) is 16.1 Å². The highest BCUT2D eigenvalue weighted by Crippen LogP contribution is 2.21. The number of carbonyl (C=O) groups excluding carboxylic acids is 2. The highest BCUT2D eigenvalue weighted by molar-refractivity contribution is 6.35. The van der Waals surface area contributed by atoms with Gasteiger partial charge in [-0.15, -0.1) is 0 Å². The monoisotopic (exact) mass is 381 g/mol. The molecule has 0 saturated carbocycles. The van der Waals surface area contributed by atoms with Gasteiger partial charge in [0.2, 0.25) is 0 Å². The molecule has 7 heteroatoms. The summed E-state index contributed by atoms with van der Waals surface area (Å²) in [5.41, 5.74) is 1.01. The number of rotatable bonds is 6. The van der Waals surface area contributed by atoms with Gasteiger partial charge in [0.15, 0.2) is 6.10 Å². The summed E-state index contributed by atoms with van der Waals surface area (Å²) < 4.78 is 10.2. The van der Waals surface area contributed by atoms with Crippen molar-refractivity contribution < 1.29 is 19.1 Å². The molecule has 0 saturated heterocycles. The molecule has 2 aromatic rings. The maximum absolute atomic E-state index is 12.1. The number of esters is 1. The lowest BCUT2D eigenvalue weighted by molar-refractivity contribution is -0.129. The van der Waals surface area contributed by atoms with Gasteiger partial charge in [-0.05, 0) is 42.8 Å². The number of carbonyl (C=O) groups is 2. The maximum atomic E-state index is 12.1. The van der Waals surface area contributed by atoms with Crippen LogP contribution in [0.5, 0.6) is 5.75 Å². The predicted octanol–water partition coefficient (Wildman–Crippen LogP) is 3.86. The minimum absolute atomic E-state index is 0.115. The first-order valence-corrected chi connectivity index (χ1v) is 8.23. The fourth-order valence-electron chi connectivity index (χ4n) is 2.01. The van der Waals surface area contributed by atoms with Crippen molar-refractivity contribution in [3.8, 4) is 5.75 Å². The Morgan fingerprint density at radius 2 is 1.80 bits per heavy atom. The topological polar surface area (TPSA) is 64.6 Å². The summed E-state index contributed by atoms with van der Waals surface area (Å²) in [6.45, 7) is 1.79. The Morgan fingerprint density at radius 3 is 2.44 bits per heavy atom. The summed E-state index contributed by atoms with van der Waals surface area (Å²) in [6, 6.07) is 11.7. The number of amides is 1. The molecule has 2 aromatic carbocycles. The average Bonchev–Trinajstić information content (AvgIpc) is 2.61. The van der Waals surface area contributed by atoms with E-state index in [9.17, 15) is 9.59 Å². The molecule has 0 bridgehead atoms. The van der Waals surface area contributed by atoms with Crippen LogP contribution in [0.2, 0.25) is 10.0 Å². The third-order valence-corrected chi connectivity index (χ3v) is 3.99. The second kappa shape index (κ2) is 8.74. The summed E-state index contributed by atoms with van der Waals surface area (Å²) in [5.74, 6) is -0.391. The molecule has 0 radical (unpaired) electrons. The van der Waals surface area contributed by atoms with Crippen LogP contribution < -0.4 is 10.1 Å². The van der Waals surface area contributed by atoms with Crippen molar-refractivity contribution in [2.75, 3.05) is 7.11 Å². The number of halogens is 2. The van der Waals surface area contributed by atoms with E-state index >= 15 is 0 Å². The van der Waals surface area contributed by atoms with E-state index in [0.717, 1.165) is 11.3 Å². The number of hydrogen-bond donors (Lipinski definition) is 1. The van der Waals surface area contributed by atoms with Crippen molar-refractivity contribution in [3.63, 3.8) is 0 Å². The number of methoxy groups -OCH3 is 1. The molecule has 0 heterocycles. The Bertz CT molecular complexity index is 762. The van der Waals surface area contributed by atoms with Crippen LogP contribution in [0.1, 0.15) is 22.8 Å². The molecule has 2 rings (SSSR count). The van der Waals surface area contributed by atoms with E-state index in [1.165, 1.54) is 19.1 Å². The van der Waals surface area contributed by atoms with Crippen molar-refractivity contribution in [2.24, 2.45) is 0 Å². The highest BCUT2D eigenvalue weighted by atomic mass is 35.5. The zero-order valence-electron chi connectivity index (χ0n) is 13.7. The van der Waals surface area contributed by atoms with Gasteiger partial charge < -0.3 is 14.8 Å². The van der Waals surface area contributed by atoms with E-state index in [-0.39, 0.29) is 10.6 Å². The lowest BCUT2D eigenvalue weighted by Crippen LogP contribution is -2.35. The minimum Gasteiger partial charge on any atom is -0.497 e. The molecule has 0 fully saturated rings. The summed E-state index contributed by atoms with van der Waals surface area (Å²) in [4.78, 5) is 24.2. The summed E-state index contributed by atoms with van der Waals surface area (Å²) in [5, 5.41) is 3.27. The number of nitrogens with one attached hydrogen (secondary N) is 1. The van der Waals surface area contributed by atoms with Gasteiger partial charge >= 0.3 is 5.97 Å². The van der Waals surface area contributed by atoms with Crippen LogP contribution in [0, 0.1) is 0 Å². The third kappa shape index (κ3) is 5.37. The number of benzene rings is 2. The van der Waals surface area contributed by atoms with Crippen molar-refractivity contribution in [1.82, 2.24) is 5.32 Å². The summed E-state index contributed by atoms with van der Waals surface area (Å²) in [7, 11) is 1.58. The molecule has 25 heavy (non-hydrogen) atoms. The minimum atomic E-state index is -0.971. The second-order valence-corrected chi connectivity index (χ2v) is 6.08. The molecule has 132 valence electrons. The normalized spacial score (nSPS) is 11.5. The van der Waals surface area contributed by atoms with Crippen LogP contribution in [0.25, 0.3) is 0 Å². The lowest BCUT2D eigenvalue weighted by Gasteiger charge is -2.14. The van der Waals surface area contributed by atoms with Crippen molar-refractivity contribution in [1.29, 1.82) is 0 Å². The fraction of sp³-hybridized carbons (Fsp3) is 0.222. The third-order valence-electron chi connectivity index (χ3n) is 3.43. The van der Waals surface area contributed by atoms with Crippen molar-refractivity contribution in [2.45, 2.75) is 19.6 Å². The van der Waals surface area contributed by atoms with E-state index in [0.29, 0.717) is 11.6 Å². The van der Waals surface area contributed by atoms with Gasteiger partial charge in [-0.2, -0.15) is 0 Å². The van der Waals surface area contributed by atoms with Gasteiger partial charge in [0, 0.05) is 11.6 Å². The van der Waals surface area contributed by atoms with Crippen molar-refractivity contribution >= 4 is 35.1 Å². The molecule has 5 nitrogen and oxygen atoms in total. The molecule has 1 amide bonds. The number of hydrogen-bond acceptors (Lipinski definition) is 4. The van der Waals surface area contributed by atoms with Crippen LogP contribution in [0.15, 0.2) is 42.5 Å². The molecule has 1 atom stereocenters. The van der Waals surface area contributed by atoms with Crippen LogP contribution in [0.4, 0.5) is 0 Å². The van der Waals surface area contributed by atoms with E-state index in [4.69, 9.17) is 32.7 Å². The lowest BCUT2D eigenvalue weighted by atomic mass is 10.2. The SMILES string of the molecule is COc1ccc(CNC(=O)[C@@H](C)OC(=O)c2cc(Cl)ccc2Cl)cc1. The summed E-state index contributed by atoms with van der Waals surface area (Å²) >= 11 is 11.8. The Kier molecular flexibility index (Phi) is 6.67. The van der Waals surface area contributed by atoms with E-state index in [1.54, 1.807) is 25.3 Å². The fourth-order valence-corrected chi connectivity index (χ4v) is 2.37. The molecule has 1 N–H and O–H groups in total. The van der Waals surface area contributed by atoms with Crippen LogP contribution in [0.3, 0.4) is 0 Å². The molecule has 0 aliphatic carbocycles. The quantitative estimate of drug-likeness (QED) is 0.771. The Hall–Kier alpha value is -2.24. The molecule has 0 aliphatic rings. The second-order valence-electron chi connectivity index (χ2n) is 5.24. The predicted molar refractivity (Wildman–Crippen MR) is 96.2 cm³/mol. The van der Waals surface area contributed by atoms with Gasteiger partial charge in [0.05, 0.1) is 17.7 Å². The van der Waals surface area contributed by atoms with Crippen LogP contribution >= 0.6 is 23.2 Å². The zero-order chi connectivity index (χ0) is 18.4. The Morgan fingerprint density at radius 1 is 1.12 bits per heavy atom. The van der Waals surface area contributed by atoms with Gasteiger partial charge in [-0.3, -0.25) is 4.79 Å². The first-order valence-electron chi connectivity index (χ1n) is 7.47. The molecular weight excluding hydrogens is 365 g/mol. The Balaban J connectivity index is 1.90. The number of ether oxygens (including phenoxy) is 2. The van der Waals surface area contributed by atoms with Gasteiger partial charge in [-0.25, -0.2) is 4.79 Å². The first-order chi connectivity index (χ1) is 11.9. The summed E-state index contributed by atoms with van der Waals surface area (Å²) in [6.07, 6.45) is -0.971. The molecular formula is C18H17Cl2NO4. The van der Waals surface area contributed by atoms with Gasteiger partial charge in [0.25, 0.3) is 5.91 Å². The van der Waals surface area contributed by atoms with Gasteiger partial charge in [0.1, 0.15) is 5.75 Å². The molecule has 0 aromatic heterocycles. The average molecular weight is 382 g/mol. The molecule has 0 aliphatic heterocycles. The molecule has 0 spiro atoms. The highest BCUT2D eigenvalue weighted by Gasteiger charge is 2.20. The Labute approximate surface area is 155 Å². The van der Waals surface area contributed by atoms with Crippen molar-refractivity contribution in [3.05, 3.63) is 63.6 Å². The van der Waals surface area contributed by atoms with E-state index < -0.39 is 18.0 Å². The van der Waals surface area contributed by atoms with Gasteiger partial charge in [-0.1, -0.05) is 35.3 Å². The largest absolute Gasteiger partial charge is 0.497 e. The standard InChI is InChI=1S/C18H17Cl2NO4/c1-11(25-18(23)15-9-13(19)5-8-16(15)20)17(22)21-10-12-3-6-14(24-2)7-4-12/h3-9,11H,10H2,1-2H3,(H,21,22)/t11-/m1/s1. The first kappa shape index (κ1) is 19.1. The molecule has 0 unspecified atom stereocenters. The maximum Gasteiger partial charge on any atom is 0.340 e.